The van der Waals surface area contributed by atoms with E-state index in [1.165, 1.54) is 24.3 Å². The molecule has 1 aliphatic rings. The molecule has 0 unspecified atom stereocenters. The monoisotopic (exact) mass is 491 g/mol. The minimum Gasteiger partial charge on any atom is -0.310 e. The molecule has 1 N–H and O–H groups in total. The Balaban J connectivity index is 1.31. The number of carbonyl (C=O) groups excluding carboxylic acids is 1. The number of hydrogen-bond donors (Lipinski definition) is 1. The number of benzene rings is 2. The van der Waals surface area contributed by atoms with Crippen molar-refractivity contribution in [3.05, 3.63) is 95.2 Å². The van der Waals surface area contributed by atoms with Gasteiger partial charge in [-0.1, -0.05) is 44.2 Å². The molecule has 6 heteroatoms. The van der Waals surface area contributed by atoms with E-state index in [0.717, 1.165) is 62.1 Å². The summed E-state index contributed by atoms with van der Waals surface area (Å²) in [6.07, 6.45) is 3.98. The molecule has 3 aromatic rings. The van der Waals surface area contributed by atoms with Crippen molar-refractivity contribution in [2.75, 3.05) is 25.0 Å². The molecule has 1 aromatic heterocycles. The van der Waals surface area contributed by atoms with E-state index in [2.05, 4.69) is 16.3 Å². The second-order valence-electron chi connectivity index (χ2n) is 10.0. The van der Waals surface area contributed by atoms with E-state index in [0.29, 0.717) is 11.7 Å². The molecule has 0 saturated carbocycles. The van der Waals surface area contributed by atoms with Gasteiger partial charge in [-0.2, -0.15) is 0 Å². The summed E-state index contributed by atoms with van der Waals surface area (Å²) in [5, 5.41) is 2.90. The fraction of sp³-hybridized carbons (Fsp3) is 0.400. The van der Waals surface area contributed by atoms with E-state index in [1.54, 1.807) is 0 Å². The minimum absolute atomic E-state index is 0.0194. The first-order valence-electron chi connectivity index (χ1n) is 12.9. The Morgan fingerprint density at radius 3 is 2.08 bits per heavy atom. The second-order valence-corrected chi connectivity index (χ2v) is 10.0. The highest BCUT2D eigenvalue weighted by Crippen LogP contribution is 2.31. The van der Waals surface area contributed by atoms with Gasteiger partial charge in [-0.3, -0.25) is 4.79 Å². The summed E-state index contributed by atoms with van der Waals surface area (Å²) in [7, 11) is 0. The number of piperidine rings is 1. The van der Waals surface area contributed by atoms with Crippen LogP contribution < -0.4 is 5.32 Å². The van der Waals surface area contributed by atoms with E-state index in [4.69, 9.17) is 4.98 Å². The second kappa shape index (κ2) is 12.2. The molecule has 1 saturated heterocycles. The SMILES string of the molecule is CC(C)C(=O)Nc1cccc(C2CCN(CCCC(c3ccc(F)cc3)c3ccc(F)cc3)CC2)n1. The molecule has 1 amide bonds. The highest BCUT2D eigenvalue weighted by atomic mass is 19.1. The number of hydrogen-bond acceptors (Lipinski definition) is 3. The molecule has 1 aliphatic heterocycles. The number of nitrogens with zero attached hydrogens (tertiary/aromatic N) is 2. The molecule has 0 spiro atoms. The predicted octanol–water partition coefficient (Wildman–Crippen LogP) is 6.75. The highest BCUT2D eigenvalue weighted by Gasteiger charge is 2.23. The van der Waals surface area contributed by atoms with E-state index in [-0.39, 0.29) is 29.4 Å². The minimum atomic E-state index is -0.248. The van der Waals surface area contributed by atoms with Gasteiger partial charge in [-0.05, 0) is 92.8 Å². The molecule has 0 radical (unpaired) electrons. The molecule has 0 aliphatic carbocycles. The Hall–Kier alpha value is -3.12. The standard InChI is InChI=1S/C30H35F2N3O/c1-21(2)30(36)34-29-7-3-6-28(33-29)24-16-19-35(20-17-24)18-4-5-27(22-8-12-25(31)13-9-22)23-10-14-26(32)15-11-23/h3,6-15,21,24,27H,4-5,16-20H2,1-2H3,(H,33,34,36). The van der Waals surface area contributed by atoms with E-state index < -0.39 is 0 Å². The van der Waals surface area contributed by atoms with Crippen molar-refractivity contribution in [2.24, 2.45) is 5.92 Å². The molecular formula is C30H35F2N3O. The highest BCUT2D eigenvalue weighted by molar-refractivity contribution is 5.91. The Morgan fingerprint density at radius 2 is 1.53 bits per heavy atom. The van der Waals surface area contributed by atoms with Crippen LogP contribution in [-0.4, -0.2) is 35.4 Å². The Kier molecular flexibility index (Phi) is 8.81. The Labute approximate surface area is 212 Å². The maximum atomic E-state index is 13.5. The summed E-state index contributed by atoms with van der Waals surface area (Å²) < 4.78 is 27.0. The first-order chi connectivity index (χ1) is 17.4. The largest absolute Gasteiger partial charge is 0.310 e. The van der Waals surface area contributed by atoms with Gasteiger partial charge in [0.05, 0.1) is 0 Å². The van der Waals surface area contributed by atoms with E-state index in [9.17, 15) is 13.6 Å². The number of anilines is 1. The number of pyridine rings is 1. The fourth-order valence-corrected chi connectivity index (χ4v) is 4.91. The van der Waals surface area contributed by atoms with Crippen LogP contribution in [0.3, 0.4) is 0 Å². The number of rotatable bonds is 9. The Morgan fingerprint density at radius 1 is 0.944 bits per heavy atom. The number of aromatic nitrogens is 1. The third-order valence-electron chi connectivity index (χ3n) is 7.06. The maximum Gasteiger partial charge on any atom is 0.228 e. The third kappa shape index (κ3) is 6.97. The van der Waals surface area contributed by atoms with Crippen LogP contribution in [0.25, 0.3) is 0 Å². The molecule has 0 atom stereocenters. The first-order valence-corrected chi connectivity index (χ1v) is 12.9. The predicted molar refractivity (Wildman–Crippen MR) is 140 cm³/mol. The maximum absolute atomic E-state index is 13.5. The van der Waals surface area contributed by atoms with Crippen LogP contribution in [0.2, 0.25) is 0 Å². The van der Waals surface area contributed by atoms with E-state index >= 15 is 0 Å². The van der Waals surface area contributed by atoms with E-state index in [1.807, 2.05) is 50.2 Å². The summed E-state index contributed by atoms with van der Waals surface area (Å²) in [4.78, 5) is 19.2. The molecule has 4 rings (SSSR count). The molecular weight excluding hydrogens is 456 g/mol. The summed E-state index contributed by atoms with van der Waals surface area (Å²) in [5.41, 5.74) is 3.15. The van der Waals surface area contributed by atoms with Gasteiger partial charge in [0.1, 0.15) is 17.5 Å². The molecule has 36 heavy (non-hydrogen) atoms. The molecule has 4 nitrogen and oxygen atoms in total. The Bertz CT molecular complexity index is 1080. The van der Waals surface area contributed by atoms with Crippen molar-refractivity contribution in [2.45, 2.75) is 51.4 Å². The smallest absolute Gasteiger partial charge is 0.228 e. The quantitative estimate of drug-likeness (QED) is 0.360. The number of amides is 1. The lowest BCUT2D eigenvalue weighted by molar-refractivity contribution is -0.118. The molecule has 190 valence electrons. The van der Waals surface area contributed by atoms with Crippen LogP contribution in [-0.2, 0) is 4.79 Å². The zero-order valence-corrected chi connectivity index (χ0v) is 21.1. The van der Waals surface area contributed by atoms with Gasteiger partial charge >= 0.3 is 0 Å². The molecule has 2 heterocycles. The van der Waals surface area contributed by atoms with Gasteiger partial charge in [0, 0.05) is 23.4 Å². The van der Waals surface area contributed by atoms with Gasteiger partial charge in [0.15, 0.2) is 0 Å². The molecule has 2 aromatic carbocycles. The normalized spacial score (nSPS) is 14.9. The van der Waals surface area contributed by atoms with Crippen LogP contribution in [0.5, 0.6) is 0 Å². The number of likely N-dealkylation sites (tertiary alicyclic amines) is 1. The van der Waals surface area contributed by atoms with Gasteiger partial charge in [-0.25, -0.2) is 13.8 Å². The summed E-state index contributed by atoms with van der Waals surface area (Å²) in [6.45, 7) is 6.75. The summed E-state index contributed by atoms with van der Waals surface area (Å²) in [6, 6.07) is 19.2. The number of nitrogens with one attached hydrogen (secondary N) is 1. The van der Waals surface area contributed by atoms with Crippen LogP contribution in [0.15, 0.2) is 66.7 Å². The first kappa shape index (κ1) is 26.0. The third-order valence-corrected chi connectivity index (χ3v) is 7.06. The van der Waals surface area contributed by atoms with Crippen LogP contribution >= 0.6 is 0 Å². The average molecular weight is 492 g/mol. The van der Waals surface area contributed by atoms with Crippen molar-refractivity contribution >= 4 is 11.7 Å². The van der Waals surface area contributed by atoms with Crippen molar-refractivity contribution in [1.82, 2.24) is 9.88 Å². The summed E-state index contributed by atoms with van der Waals surface area (Å²) in [5.74, 6) is 0.531. The van der Waals surface area contributed by atoms with Crippen molar-refractivity contribution in [1.29, 1.82) is 0 Å². The van der Waals surface area contributed by atoms with Crippen molar-refractivity contribution in [3.63, 3.8) is 0 Å². The van der Waals surface area contributed by atoms with Gasteiger partial charge in [0.25, 0.3) is 0 Å². The number of carbonyl (C=O) groups is 1. The summed E-state index contributed by atoms with van der Waals surface area (Å²) >= 11 is 0. The molecule has 1 fully saturated rings. The van der Waals surface area contributed by atoms with Crippen LogP contribution in [0, 0.1) is 17.6 Å². The van der Waals surface area contributed by atoms with Crippen LogP contribution in [0.1, 0.15) is 68.2 Å². The van der Waals surface area contributed by atoms with Gasteiger partial charge in [0.2, 0.25) is 5.91 Å². The zero-order valence-electron chi connectivity index (χ0n) is 21.1. The lowest BCUT2D eigenvalue weighted by Crippen LogP contribution is -2.34. The topological polar surface area (TPSA) is 45.2 Å². The van der Waals surface area contributed by atoms with Gasteiger partial charge in [-0.15, -0.1) is 0 Å². The molecule has 0 bridgehead atoms. The van der Waals surface area contributed by atoms with Crippen molar-refractivity contribution in [3.8, 4) is 0 Å². The number of halogens is 2. The average Bonchev–Trinajstić information content (AvgIpc) is 2.88. The lowest BCUT2D eigenvalue weighted by Gasteiger charge is -2.32. The zero-order chi connectivity index (χ0) is 25.5. The van der Waals surface area contributed by atoms with Crippen LogP contribution in [0.4, 0.5) is 14.6 Å². The fourth-order valence-electron chi connectivity index (χ4n) is 4.91. The lowest BCUT2D eigenvalue weighted by atomic mass is 9.87. The van der Waals surface area contributed by atoms with Crippen molar-refractivity contribution < 1.29 is 13.6 Å². The van der Waals surface area contributed by atoms with Gasteiger partial charge < -0.3 is 10.2 Å².